The predicted molar refractivity (Wildman–Crippen MR) is 115 cm³/mol. The first-order valence-corrected chi connectivity index (χ1v) is 10.3. The summed E-state index contributed by atoms with van der Waals surface area (Å²) in [5, 5.41) is 4.03. The largest absolute Gasteiger partial charge is 0.310 e. The van der Waals surface area contributed by atoms with E-state index in [-0.39, 0.29) is 11.5 Å². The van der Waals surface area contributed by atoms with Gasteiger partial charge in [0.25, 0.3) is 5.56 Å². The quantitative estimate of drug-likeness (QED) is 0.488. The number of hydrogen-bond donors (Lipinski definition) is 2. The SMILES string of the molecule is O=C(CCCc1nc2ccccc2c(=O)[nH]1)Nc1ncc(Cc2ccccc2)s1. The summed E-state index contributed by atoms with van der Waals surface area (Å²) in [6.45, 7) is 0. The number of H-pyrrole nitrogens is 1. The highest BCUT2D eigenvalue weighted by molar-refractivity contribution is 7.15. The minimum Gasteiger partial charge on any atom is -0.310 e. The lowest BCUT2D eigenvalue weighted by Gasteiger charge is -2.03. The normalized spacial score (nSPS) is 10.9. The summed E-state index contributed by atoms with van der Waals surface area (Å²) in [5.74, 6) is 0.509. The number of anilines is 1. The van der Waals surface area contributed by atoms with Crippen molar-refractivity contribution >= 4 is 33.3 Å². The van der Waals surface area contributed by atoms with Gasteiger partial charge in [-0.2, -0.15) is 0 Å². The maximum atomic E-state index is 12.2. The van der Waals surface area contributed by atoms with Gasteiger partial charge in [-0.3, -0.25) is 9.59 Å². The van der Waals surface area contributed by atoms with Gasteiger partial charge in [0.2, 0.25) is 5.91 Å². The second kappa shape index (κ2) is 8.79. The molecule has 4 rings (SSSR count). The van der Waals surface area contributed by atoms with Crippen LogP contribution < -0.4 is 10.9 Å². The maximum Gasteiger partial charge on any atom is 0.258 e. The molecular formula is C22H20N4O2S. The monoisotopic (exact) mass is 404 g/mol. The summed E-state index contributed by atoms with van der Waals surface area (Å²) in [6.07, 6.45) is 4.07. The van der Waals surface area contributed by atoms with E-state index in [9.17, 15) is 9.59 Å². The Morgan fingerprint density at radius 3 is 2.72 bits per heavy atom. The van der Waals surface area contributed by atoms with Crippen LogP contribution in [0.5, 0.6) is 0 Å². The van der Waals surface area contributed by atoms with Crippen LogP contribution >= 0.6 is 11.3 Å². The third kappa shape index (κ3) is 4.94. The van der Waals surface area contributed by atoms with Gasteiger partial charge in [0.15, 0.2) is 5.13 Å². The summed E-state index contributed by atoms with van der Waals surface area (Å²) in [4.78, 5) is 36.9. The smallest absolute Gasteiger partial charge is 0.258 e. The number of nitrogens with one attached hydrogen (secondary N) is 2. The maximum absolute atomic E-state index is 12.2. The summed E-state index contributed by atoms with van der Waals surface area (Å²) in [6, 6.07) is 17.4. The highest BCUT2D eigenvalue weighted by Gasteiger charge is 2.09. The fourth-order valence-electron chi connectivity index (χ4n) is 3.10. The molecular weight excluding hydrogens is 384 g/mol. The highest BCUT2D eigenvalue weighted by atomic mass is 32.1. The lowest BCUT2D eigenvalue weighted by Crippen LogP contribution is -2.14. The highest BCUT2D eigenvalue weighted by Crippen LogP contribution is 2.21. The zero-order chi connectivity index (χ0) is 20.1. The molecule has 0 unspecified atom stereocenters. The lowest BCUT2D eigenvalue weighted by molar-refractivity contribution is -0.116. The number of carbonyl (C=O) groups excluding carboxylic acids is 1. The molecule has 0 aliphatic heterocycles. The molecule has 0 saturated heterocycles. The molecule has 0 saturated carbocycles. The van der Waals surface area contributed by atoms with Crippen LogP contribution in [0.2, 0.25) is 0 Å². The first kappa shape index (κ1) is 19.0. The van der Waals surface area contributed by atoms with Gasteiger partial charge < -0.3 is 10.3 Å². The molecule has 0 spiro atoms. The number of aryl methyl sites for hydroxylation is 1. The van der Waals surface area contributed by atoms with E-state index in [0.717, 1.165) is 11.3 Å². The predicted octanol–water partition coefficient (Wildman–Crippen LogP) is 3.93. The van der Waals surface area contributed by atoms with Crippen molar-refractivity contribution in [1.82, 2.24) is 15.0 Å². The number of thiazole rings is 1. The number of benzene rings is 2. The van der Waals surface area contributed by atoms with Gasteiger partial charge in [0, 0.05) is 30.3 Å². The van der Waals surface area contributed by atoms with Gasteiger partial charge in [-0.05, 0) is 24.1 Å². The van der Waals surface area contributed by atoms with E-state index in [1.807, 2.05) is 36.4 Å². The molecule has 4 aromatic rings. The van der Waals surface area contributed by atoms with Crippen LogP contribution in [0, 0.1) is 0 Å². The molecule has 2 aromatic carbocycles. The summed E-state index contributed by atoms with van der Waals surface area (Å²) < 4.78 is 0. The van der Waals surface area contributed by atoms with Crippen LogP contribution in [0.25, 0.3) is 10.9 Å². The van der Waals surface area contributed by atoms with Crippen molar-refractivity contribution in [3.8, 4) is 0 Å². The number of aromatic nitrogens is 3. The third-order valence-electron chi connectivity index (χ3n) is 4.50. The standard InChI is InChI=1S/C22H20N4O2S/c27-20(26-22-23-14-16(29-22)13-15-7-2-1-3-8-15)12-6-11-19-24-18-10-5-4-9-17(18)21(28)25-19/h1-5,7-10,14H,6,11-13H2,(H,23,26,27)(H,24,25,28). The van der Waals surface area contributed by atoms with E-state index >= 15 is 0 Å². The van der Waals surface area contributed by atoms with Crippen LogP contribution in [-0.4, -0.2) is 20.9 Å². The Balaban J connectivity index is 1.29. The molecule has 6 nitrogen and oxygen atoms in total. The number of hydrogen-bond acceptors (Lipinski definition) is 5. The van der Waals surface area contributed by atoms with Gasteiger partial charge in [0.1, 0.15) is 5.82 Å². The number of carbonyl (C=O) groups is 1. The number of nitrogens with zero attached hydrogens (tertiary/aromatic N) is 2. The van der Waals surface area contributed by atoms with Crippen LogP contribution in [0.4, 0.5) is 5.13 Å². The lowest BCUT2D eigenvalue weighted by atomic mass is 10.1. The van der Waals surface area contributed by atoms with Crippen molar-refractivity contribution < 1.29 is 4.79 Å². The van der Waals surface area contributed by atoms with E-state index in [2.05, 4.69) is 32.4 Å². The van der Waals surface area contributed by atoms with Crippen molar-refractivity contribution in [3.05, 3.63) is 87.4 Å². The van der Waals surface area contributed by atoms with Crippen molar-refractivity contribution in [2.24, 2.45) is 0 Å². The van der Waals surface area contributed by atoms with E-state index in [4.69, 9.17) is 0 Å². The molecule has 146 valence electrons. The molecule has 0 atom stereocenters. The minimum atomic E-state index is -0.149. The zero-order valence-corrected chi connectivity index (χ0v) is 16.5. The molecule has 0 radical (unpaired) electrons. The fourth-order valence-corrected chi connectivity index (χ4v) is 3.96. The van der Waals surface area contributed by atoms with Crippen LogP contribution in [0.15, 0.2) is 65.6 Å². The second-order valence-electron chi connectivity index (χ2n) is 6.73. The molecule has 1 amide bonds. The van der Waals surface area contributed by atoms with Gasteiger partial charge in [0.05, 0.1) is 10.9 Å². The summed E-state index contributed by atoms with van der Waals surface area (Å²) in [7, 11) is 0. The van der Waals surface area contributed by atoms with Gasteiger partial charge in [-0.25, -0.2) is 9.97 Å². The Morgan fingerprint density at radius 1 is 1.07 bits per heavy atom. The van der Waals surface area contributed by atoms with E-state index < -0.39 is 0 Å². The molecule has 7 heteroatoms. The van der Waals surface area contributed by atoms with Crippen LogP contribution in [0.3, 0.4) is 0 Å². The van der Waals surface area contributed by atoms with Gasteiger partial charge in [-0.15, -0.1) is 11.3 Å². The average molecular weight is 404 g/mol. The Bertz CT molecular complexity index is 1180. The first-order chi connectivity index (χ1) is 14.2. The average Bonchev–Trinajstić information content (AvgIpc) is 3.15. The Morgan fingerprint density at radius 2 is 1.86 bits per heavy atom. The topological polar surface area (TPSA) is 87.7 Å². The molecule has 0 bridgehead atoms. The Labute approximate surface area is 171 Å². The molecule has 0 fully saturated rings. The second-order valence-corrected chi connectivity index (χ2v) is 7.84. The minimum absolute atomic E-state index is 0.0891. The molecule has 0 aliphatic carbocycles. The zero-order valence-electron chi connectivity index (χ0n) is 15.7. The Hall–Kier alpha value is -3.32. The van der Waals surface area contributed by atoms with Gasteiger partial charge >= 0.3 is 0 Å². The summed E-state index contributed by atoms with van der Waals surface area (Å²) in [5.41, 5.74) is 1.74. The van der Waals surface area contributed by atoms with E-state index in [1.165, 1.54) is 16.9 Å². The number of aromatic amines is 1. The van der Waals surface area contributed by atoms with Crippen LogP contribution in [0.1, 0.15) is 29.1 Å². The fraction of sp³-hybridized carbons (Fsp3) is 0.182. The van der Waals surface area contributed by atoms with Crippen LogP contribution in [-0.2, 0) is 17.6 Å². The van der Waals surface area contributed by atoms with Crippen molar-refractivity contribution in [1.29, 1.82) is 0 Å². The van der Waals surface area contributed by atoms with Crippen molar-refractivity contribution in [3.63, 3.8) is 0 Å². The Kier molecular flexibility index (Phi) is 5.76. The number of amides is 1. The molecule has 2 N–H and O–H groups in total. The molecule has 29 heavy (non-hydrogen) atoms. The number of para-hydroxylation sites is 1. The molecule has 2 heterocycles. The first-order valence-electron chi connectivity index (χ1n) is 9.44. The van der Waals surface area contributed by atoms with E-state index in [1.54, 1.807) is 12.3 Å². The third-order valence-corrected chi connectivity index (χ3v) is 5.41. The molecule has 2 aromatic heterocycles. The van der Waals surface area contributed by atoms with E-state index in [0.29, 0.717) is 41.1 Å². The molecule has 0 aliphatic rings. The van der Waals surface area contributed by atoms with Crippen molar-refractivity contribution in [2.45, 2.75) is 25.7 Å². The number of rotatable bonds is 7. The summed E-state index contributed by atoms with van der Waals surface area (Å²) >= 11 is 1.49. The van der Waals surface area contributed by atoms with Crippen molar-refractivity contribution in [2.75, 3.05) is 5.32 Å². The number of fused-ring (bicyclic) bond motifs is 1. The van der Waals surface area contributed by atoms with Gasteiger partial charge in [-0.1, -0.05) is 42.5 Å².